The van der Waals surface area contributed by atoms with Crippen LogP contribution in [0.3, 0.4) is 0 Å². The predicted octanol–water partition coefficient (Wildman–Crippen LogP) is 5.07. The number of hydrogen-bond acceptors (Lipinski definition) is 3. The molecule has 0 spiro atoms. The summed E-state index contributed by atoms with van der Waals surface area (Å²) >= 11 is 0. The van der Waals surface area contributed by atoms with Crippen LogP contribution in [0.4, 0.5) is 5.69 Å². The van der Waals surface area contributed by atoms with Gasteiger partial charge in [0, 0.05) is 12.0 Å². The lowest BCUT2D eigenvalue weighted by atomic mass is 9.99. The average Bonchev–Trinajstić information content (AvgIpc) is 2.53. The summed E-state index contributed by atoms with van der Waals surface area (Å²) in [6, 6.07) is 4.61. The van der Waals surface area contributed by atoms with Crippen LogP contribution in [0.15, 0.2) is 18.2 Å². The molecule has 1 aromatic rings. The van der Waals surface area contributed by atoms with E-state index < -0.39 is 5.97 Å². The lowest BCUT2D eigenvalue weighted by Gasteiger charge is -2.07. The Morgan fingerprint density at radius 2 is 1.43 bits per heavy atom. The maximum atomic E-state index is 12.2. The molecule has 0 aromatic heterocycles. The highest BCUT2D eigenvalue weighted by atomic mass is 16.4. The quantitative estimate of drug-likeness (QED) is 0.320. The number of aromatic carboxylic acids is 1. The predicted molar refractivity (Wildman–Crippen MR) is 94.0 cm³/mol. The van der Waals surface area contributed by atoms with Crippen molar-refractivity contribution in [1.29, 1.82) is 0 Å². The first kappa shape index (κ1) is 19.2. The zero-order chi connectivity index (χ0) is 17.1. The second-order valence-electron chi connectivity index (χ2n) is 6.07. The minimum Gasteiger partial charge on any atom is -0.478 e. The first-order valence-electron chi connectivity index (χ1n) is 8.73. The van der Waals surface area contributed by atoms with E-state index >= 15 is 0 Å². The molecule has 0 aliphatic rings. The van der Waals surface area contributed by atoms with Crippen molar-refractivity contribution in [2.45, 2.75) is 71.1 Å². The van der Waals surface area contributed by atoms with Gasteiger partial charge in [0.15, 0.2) is 5.78 Å². The summed E-state index contributed by atoms with van der Waals surface area (Å²) in [4.78, 5) is 23.2. The minimum absolute atomic E-state index is 0.00271. The number of benzene rings is 1. The third-order valence-electron chi connectivity index (χ3n) is 4.14. The summed E-state index contributed by atoms with van der Waals surface area (Å²) in [5.74, 6) is -1.16. The molecule has 0 saturated heterocycles. The fourth-order valence-electron chi connectivity index (χ4n) is 2.73. The number of anilines is 1. The van der Waals surface area contributed by atoms with Crippen molar-refractivity contribution in [3.05, 3.63) is 29.3 Å². The molecule has 0 heterocycles. The Kier molecular flexibility index (Phi) is 9.03. The standard InChI is InChI=1S/C19H29NO3/c1-2-3-4-5-6-7-8-9-10-14-17(21)15-12-11-13-16(18(15)20)19(22)23/h11-13H,2-10,14,20H2,1H3,(H,22,23). The van der Waals surface area contributed by atoms with E-state index in [1.165, 1.54) is 44.6 Å². The van der Waals surface area contributed by atoms with Gasteiger partial charge in [-0.2, -0.15) is 0 Å². The second kappa shape index (κ2) is 10.8. The van der Waals surface area contributed by atoms with E-state index in [0.717, 1.165) is 19.3 Å². The molecule has 0 fully saturated rings. The first-order valence-corrected chi connectivity index (χ1v) is 8.73. The molecule has 0 atom stereocenters. The van der Waals surface area contributed by atoms with E-state index in [9.17, 15) is 9.59 Å². The number of Topliss-reactive ketones (excluding diaryl/α,β-unsaturated/α-hetero) is 1. The van der Waals surface area contributed by atoms with Crippen LogP contribution < -0.4 is 5.73 Å². The highest BCUT2D eigenvalue weighted by Gasteiger charge is 2.15. The van der Waals surface area contributed by atoms with Gasteiger partial charge in [-0.1, -0.05) is 64.4 Å². The lowest BCUT2D eigenvalue weighted by Crippen LogP contribution is -2.09. The van der Waals surface area contributed by atoms with Gasteiger partial charge in [-0.05, 0) is 18.6 Å². The molecule has 4 nitrogen and oxygen atoms in total. The number of hydrogen-bond donors (Lipinski definition) is 2. The Balaban J connectivity index is 2.27. The lowest BCUT2D eigenvalue weighted by molar-refractivity contribution is 0.0698. The maximum absolute atomic E-state index is 12.2. The molecule has 128 valence electrons. The summed E-state index contributed by atoms with van der Waals surface area (Å²) in [5, 5.41) is 9.03. The smallest absolute Gasteiger partial charge is 0.337 e. The number of carboxylic acids is 1. The normalized spacial score (nSPS) is 10.7. The molecule has 1 rings (SSSR count). The van der Waals surface area contributed by atoms with E-state index in [4.69, 9.17) is 10.8 Å². The number of nitrogens with two attached hydrogens (primary N) is 1. The zero-order valence-corrected chi connectivity index (χ0v) is 14.1. The molecule has 23 heavy (non-hydrogen) atoms. The van der Waals surface area contributed by atoms with Crippen LogP contribution in [0.25, 0.3) is 0 Å². The van der Waals surface area contributed by atoms with Crippen molar-refractivity contribution in [2.24, 2.45) is 0 Å². The van der Waals surface area contributed by atoms with E-state index in [0.29, 0.717) is 12.0 Å². The molecular formula is C19H29NO3. The van der Waals surface area contributed by atoms with Crippen LogP contribution in [0.1, 0.15) is 91.8 Å². The SMILES string of the molecule is CCCCCCCCCCCC(=O)c1cccc(C(=O)O)c1N. The number of carbonyl (C=O) groups is 2. The van der Waals surface area contributed by atoms with Gasteiger partial charge in [0.25, 0.3) is 0 Å². The summed E-state index contributed by atoms with van der Waals surface area (Å²) in [6.07, 6.45) is 11.2. The monoisotopic (exact) mass is 319 g/mol. The molecule has 3 N–H and O–H groups in total. The van der Waals surface area contributed by atoms with E-state index in [2.05, 4.69) is 6.92 Å². The van der Waals surface area contributed by atoms with Gasteiger partial charge in [0.1, 0.15) is 0 Å². The highest BCUT2D eigenvalue weighted by molar-refractivity contribution is 6.06. The third kappa shape index (κ3) is 6.85. The summed E-state index contributed by atoms with van der Waals surface area (Å²) in [7, 11) is 0. The first-order chi connectivity index (χ1) is 11.1. The molecule has 1 aromatic carbocycles. The Labute approximate surface area is 139 Å². The maximum Gasteiger partial charge on any atom is 0.337 e. The Hall–Kier alpha value is -1.84. The molecule has 0 unspecified atom stereocenters. The minimum atomic E-state index is -1.10. The van der Waals surface area contributed by atoms with Crippen LogP contribution in [-0.4, -0.2) is 16.9 Å². The van der Waals surface area contributed by atoms with Crippen molar-refractivity contribution in [2.75, 3.05) is 5.73 Å². The topological polar surface area (TPSA) is 80.4 Å². The molecule has 4 heteroatoms. The van der Waals surface area contributed by atoms with Crippen molar-refractivity contribution in [3.63, 3.8) is 0 Å². The van der Waals surface area contributed by atoms with Crippen molar-refractivity contribution < 1.29 is 14.7 Å². The molecule has 0 radical (unpaired) electrons. The Bertz CT molecular complexity index is 511. The number of rotatable bonds is 12. The number of para-hydroxylation sites is 1. The van der Waals surface area contributed by atoms with Gasteiger partial charge in [0.2, 0.25) is 0 Å². The van der Waals surface area contributed by atoms with Gasteiger partial charge < -0.3 is 10.8 Å². The Morgan fingerprint density at radius 3 is 2.00 bits per heavy atom. The zero-order valence-electron chi connectivity index (χ0n) is 14.1. The van der Waals surface area contributed by atoms with E-state index in [-0.39, 0.29) is 17.0 Å². The van der Waals surface area contributed by atoms with Gasteiger partial charge in [-0.25, -0.2) is 4.79 Å². The summed E-state index contributed by atoms with van der Waals surface area (Å²) < 4.78 is 0. The Morgan fingerprint density at radius 1 is 0.913 bits per heavy atom. The fourth-order valence-corrected chi connectivity index (χ4v) is 2.73. The second-order valence-corrected chi connectivity index (χ2v) is 6.07. The number of ketones is 1. The van der Waals surface area contributed by atoms with Crippen molar-refractivity contribution >= 4 is 17.4 Å². The van der Waals surface area contributed by atoms with Gasteiger partial charge >= 0.3 is 5.97 Å². The number of nitrogen functional groups attached to an aromatic ring is 1. The molecule has 0 aliphatic carbocycles. The molecular weight excluding hydrogens is 290 g/mol. The molecule has 0 aliphatic heterocycles. The molecule has 0 saturated carbocycles. The van der Waals surface area contributed by atoms with Gasteiger partial charge in [0.05, 0.1) is 11.3 Å². The van der Waals surface area contributed by atoms with Crippen molar-refractivity contribution in [1.82, 2.24) is 0 Å². The molecule has 0 bridgehead atoms. The number of unbranched alkanes of at least 4 members (excludes halogenated alkanes) is 8. The van der Waals surface area contributed by atoms with Crippen molar-refractivity contribution in [3.8, 4) is 0 Å². The number of carboxylic acid groups (broad SMARTS) is 1. The summed E-state index contributed by atoms with van der Waals surface area (Å²) in [5.41, 5.74) is 6.22. The van der Waals surface area contributed by atoms with Crippen LogP contribution in [0.2, 0.25) is 0 Å². The van der Waals surface area contributed by atoms with Crippen LogP contribution in [-0.2, 0) is 0 Å². The van der Waals surface area contributed by atoms with E-state index in [1.54, 1.807) is 12.1 Å². The van der Waals surface area contributed by atoms with Crippen LogP contribution >= 0.6 is 0 Å². The van der Waals surface area contributed by atoms with E-state index in [1.807, 2.05) is 0 Å². The van der Waals surface area contributed by atoms with Gasteiger partial charge in [-0.15, -0.1) is 0 Å². The fraction of sp³-hybridized carbons (Fsp3) is 0.579. The average molecular weight is 319 g/mol. The van der Waals surface area contributed by atoms with Gasteiger partial charge in [-0.3, -0.25) is 4.79 Å². The largest absolute Gasteiger partial charge is 0.478 e. The highest BCUT2D eigenvalue weighted by Crippen LogP contribution is 2.20. The molecule has 0 amide bonds. The third-order valence-corrected chi connectivity index (χ3v) is 4.14. The summed E-state index contributed by atoms with van der Waals surface area (Å²) in [6.45, 7) is 2.22. The number of carbonyl (C=O) groups excluding carboxylic acids is 1. The van der Waals surface area contributed by atoms with Crippen LogP contribution in [0.5, 0.6) is 0 Å². The van der Waals surface area contributed by atoms with Crippen LogP contribution in [0, 0.1) is 0 Å².